The monoisotopic (exact) mass is 301 g/mol. The number of likely N-dealkylation sites (tertiary alicyclic amines) is 1. The van der Waals surface area contributed by atoms with E-state index in [1.165, 1.54) is 0 Å². The summed E-state index contributed by atoms with van der Waals surface area (Å²) in [6.07, 6.45) is 2.41. The number of carbonyl (C=O) groups is 2. The van der Waals surface area contributed by atoms with Gasteiger partial charge in [0, 0.05) is 18.4 Å². The number of amides is 1. The molecule has 0 aromatic heterocycles. The largest absolute Gasteiger partial charge is 0.497 e. The highest BCUT2D eigenvalue weighted by atomic mass is 16.5. The van der Waals surface area contributed by atoms with E-state index in [1.807, 2.05) is 29.2 Å². The number of benzene rings is 1. The van der Waals surface area contributed by atoms with Crippen LogP contribution in [0.4, 0.5) is 0 Å². The van der Waals surface area contributed by atoms with E-state index in [9.17, 15) is 9.59 Å². The maximum atomic E-state index is 12.4. The molecule has 2 atom stereocenters. The Bertz CT molecular complexity index is 589. The van der Waals surface area contributed by atoms with Gasteiger partial charge in [-0.1, -0.05) is 12.1 Å². The molecular formula is C18H23NO3. The summed E-state index contributed by atoms with van der Waals surface area (Å²) in [5, 5.41) is 0. The minimum absolute atomic E-state index is 0.0335. The lowest BCUT2D eigenvalue weighted by Crippen LogP contribution is -2.30. The van der Waals surface area contributed by atoms with Crippen LogP contribution in [0, 0.1) is 11.3 Å². The van der Waals surface area contributed by atoms with E-state index in [-0.39, 0.29) is 29.1 Å². The van der Waals surface area contributed by atoms with Crippen molar-refractivity contribution in [2.75, 3.05) is 13.7 Å². The van der Waals surface area contributed by atoms with Crippen molar-refractivity contribution in [1.82, 2.24) is 4.90 Å². The van der Waals surface area contributed by atoms with Gasteiger partial charge >= 0.3 is 0 Å². The first-order chi connectivity index (χ1) is 10.5. The van der Waals surface area contributed by atoms with Crippen molar-refractivity contribution in [2.24, 2.45) is 11.3 Å². The zero-order valence-electron chi connectivity index (χ0n) is 13.5. The second-order valence-corrected chi connectivity index (χ2v) is 6.61. The van der Waals surface area contributed by atoms with E-state index in [1.54, 1.807) is 14.0 Å². The minimum Gasteiger partial charge on any atom is -0.497 e. The average molecular weight is 301 g/mol. The molecule has 0 N–H and O–H groups in total. The minimum atomic E-state index is -0.204. The molecule has 1 aliphatic carbocycles. The Morgan fingerprint density at radius 3 is 2.45 bits per heavy atom. The molecule has 22 heavy (non-hydrogen) atoms. The van der Waals surface area contributed by atoms with E-state index in [0.29, 0.717) is 13.0 Å². The Kier molecular flexibility index (Phi) is 3.71. The summed E-state index contributed by atoms with van der Waals surface area (Å²) in [5.74, 6) is 1.43. The fourth-order valence-electron chi connectivity index (χ4n) is 3.72. The number of Topliss-reactive ketones (excluding diaryl/α,β-unsaturated/α-hetero) is 1. The molecule has 2 fully saturated rings. The van der Waals surface area contributed by atoms with Gasteiger partial charge in [0.25, 0.3) is 0 Å². The van der Waals surface area contributed by atoms with Gasteiger partial charge in [0.1, 0.15) is 11.5 Å². The topological polar surface area (TPSA) is 46.6 Å². The van der Waals surface area contributed by atoms with Gasteiger partial charge in [-0.3, -0.25) is 9.59 Å². The number of methoxy groups -OCH3 is 1. The van der Waals surface area contributed by atoms with E-state index in [0.717, 1.165) is 24.2 Å². The van der Waals surface area contributed by atoms with Crippen molar-refractivity contribution in [1.29, 1.82) is 0 Å². The zero-order valence-corrected chi connectivity index (χ0v) is 13.5. The van der Waals surface area contributed by atoms with Crippen LogP contribution in [-0.2, 0) is 9.59 Å². The van der Waals surface area contributed by atoms with Crippen LogP contribution in [-0.4, -0.2) is 30.2 Å². The molecule has 1 heterocycles. The van der Waals surface area contributed by atoms with Gasteiger partial charge in [0.15, 0.2) is 0 Å². The average Bonchev–Trinajstić information content (AvgIpc) is 3.25. The highest BCUT2D eigenvalue weighted by Gasteiger charge is 2.56. The summed E-state index contributed by atoms with van der Waals surface area (Å²) in [6, 6.07) is 7.87. The lowest BCUT2D eigenvalue weighted by Gasteiger charge is -2.26. The molecule has 2 aliphatic rings. The third kappa shape index (κ3) is 2.40. The molecule has 1 saturated heterocycles. The molecular weight excluding hydrogens is 278 g/mol. The number of hydrogen-bond acceptors (Lipinski definition) is 3. The molecule has 4 nitrogen and oxygen atoms in total. The maximum absolute atomic E-state index is 12.4. The van der Waals surface area contributed by atoms with Crippen LogP contribution in [0.2, 0.25) is 0 Å². The van der Waals surface area contributed by atoms with Gasteiger partial charge in [0.05, 0.1) is 13.2 Å². The lowest BCUT2D eigenvalue weighted by molar-refractivity contribution is -0.129. The van der Waals surface area contributed by atoms with Gasteiger partial charge < -0.3 is 9.64 Å². The van der Waals surface area contributed by atoms with Gasteiger partial charge in [-0.2, -0.15) is 0 Å². The number of ketones is 1. The molecule has 3 rings (SSSR count). The Balaban J connectivity index is 1.74. The summed E-state index contributed by atoms with van der Waals surface area (Å²) in [5.41, 5.74) is 0.895. The maximum Gasteiger partial charge on any atom is 0.223 e. The number of nitrogens with zero attached hydrogens (tertiary/aromatic N) is 1. The van der Waals surface area contributed by atoms with Crippen molar-refractivity contribution in [3.8, 4) is 5.75 Å². The molecule has 0 spiro atoms. The van der Waals surface area contributed by atoms with Gasteiger partial charge in [0.2, 0.25) is 5.91 Å². The van der Waals surface area contributed by atoms with Crippen LogP contribution in [0.15, 0.2) is 24.3 Å². The predicted molar refractivity (Wildman–Crippen MR) is 83.6 cm³/mol. The first-order valence-electron chi connectivity index (χ1n) is 7.92. The Morgan fingerprint density at radius 1 is 1.32 bits per heavy atom. The third-order valence-corrected chi connectivity index (χ3v) is 5.50. The standard InChI is InChI=1S/C18H23NO3/c1-12(14-4-6-16(22-3)7-5-14)19-11-15(10-17(19)21)18(8-9-18)13(2)20/h4-7,12,15H,8-11H2,1-3H3/t12-,15-/m1/s1. The number of rotatable bonds is 5. The highest BCUT2D eigenvalue weighted by Crippen LogP contribution is 2.56. The van der Waals surface area contributed by atoms with E-state index < -0.39 is 0 Å². The summed E-state index contributed by atoms with van der Waals surface area (Å²) in [6.45, 7) is 4.42. The summed E-state index contributed by atoms with van der Waals surface area (Å²) in [7, 11) is 1.64. The summed E-state index contributed by atoms with van der Waals surface area (Å²) in [4.78, 5) is 26.2. The van der Waals surface area contributed by atoms with Crippen LogP contribution in [0.25, 0.3) is 0 Å². The van der Waals surface area contributed by atoms with Crippen molar-refractivity contribution in [3.05, 3.63) is 29.8 Å². The highest BCUT2D eigenvalue weighted by molar-refractivity contribution is 5.88. The van der Waals surface area contributed by atoms with Gasteiger partial charge in [-0.25, -0.2) is 0 Å². The number of hydrogen-bond donors (Lipinski definition) is 0. The van der Waals surface area contributed by atoms with E-state index in [4.69, 9.17) is 4.74 Å². The van der Waals surface area contributed by atoms with E-state index in [2.05, 4.69) is 6.92 Å². The van der Waals surface area contributed by atoms with Crippen LogP contribution < -0.4 is 4.74 Å². The molecule has 0 radical (unpaired) electrons. The van der Waals surface area contributed by atoms with E-state index >= 15 is 0 Å². The molecule has 0 bridgehead atoms. The molecule has 4 heteroatoms. The Hall–Kier alpha value is -1.84. The SMILES string of the molecule is COc1ccc([C@@H](C)N2C[C@H](C3(C(C)=O)CC3)CC2=O)cc1. The number of ether oxygens (including phenoxy) is 1. The summed E-state index contributed by atoms with van der Waals surface area (Å²) < 4.78 is 5.17. The fraction of sp³-hybridized carbons (Fsp3) is 0.556. The second-order valence-electron chi connectivity index (χ2n) is 6.61. The molecule has 1 aromatic carbocycles. The molecule has 118 valence electrons. The van der Waals surface area contributed by atoms with Crippen molar-refractivity contribution < 1.29 is 14.3 Å². The van der Waals surface area contributed by atoms with Crippen molar-refractivity contribution in [3.63, 3.8) is 0 Å². The quantitative estimate of drug-likeness (QED) is 0.840. The molecule has 1 saturated carbocycles. The van der Waals surface area contributed by atoms with Gasteiger partial charge in [-0.05, 0) is 50.3 Å². The first-order valence-corrected chi connectivity index (χ1v) is 7.92. The molecule has 1 amide bonds. The Labute approximate surface area is 131 Å². The molecule has 1 aliphatic heterocycles. The lowest BCUT2D eigenvalue weighted by atomic mass is 9.85. The first kappa shape index (κ1) is 15.1. The van der Waals surface area contributed by atoms with Crippen molar-refractivity contribution in [2.45, 2.75) is 39.2 Å². The second kappa shape index (κ2) is 5.41. The van der Waals surface area contributed by atoms with Gasteiger partial charge in [-0.15, -0.1) is 0 Å². The van der Waals surface area contributed by atoms with Crippen molar-refractivity contribution >= 4 is 11.7 Å². The Morgan fingerprint density at radius 2 is 1.95 bits per heavy atom. The van der Waals surface area contributed by atoms with Crippen LogP contribution in [0.3, 0.4) is 0 Å². The summed E-state index contributed by atoms with van der Waals surface area (Å²) >= 11 is 0. The number of carbonyl (C=O) groups excluding carboxylic acids is 2. The smallest absolute Gasteiger partial charge is 0.223 e. The normalized spacial score (nSPS) is 24.2. The fourth-order valence-corrected chi connectivity index (χ4v) is 3.72. The van der Waals surface area contributed by atoms with Crippen LogP contribution >= 0.6 is 0 Å². The molecule has 0 unspecified atom stereocenters. The predicted octanol–water partition coefficient (Wildman–Crippen LogP) is 2.97. The van der Waals surface area contributed by atoms with Crippen LogP contribution in [0.1, 0.15) is 44.7 Å². The third-order valence-electron chi connectivity index (χ3n) is 5.50. The van der Waals surface area contributed by atoms with Crippen LogP contribution in [0.5, 0.6) is 5.75 Å². The zero-order chi connectivity index (χ0) is 15.9. The molecule has 1 aromatic rings.